The molecule has 1 aliphatic carbocycles. The highest BCUT2D eigenvalue weighted by atomic mass is 32.1. The van der Waals surface area contributed by atoms with Crippen LogP contribution in [-0.4, -0.2) is 34.9 Å². The molecule has 0 amide bonds. The molecule has 0 radical (unpaired) electrons. The molecule has 1 heterocycles. The van der Waals surface area contributed by atoms with Crippen molar-refractivity contribution in [2.45, 2.75) is 38.1 Å². The lowest BCUT2D eigenvalue weighted by molar-refractivity contribution is 0.0994. The number of rotatable bonds is 5. The number of likely N-dealkylation sites (N-methyl/N-ethyl adjacent to an activating group) is 1. The first-order valence-corrected chi connectivity index (χ1v) is 8.31. The van der Waals surface area contributed by atoms with E-state index >= 15 is 0 Å². The normalized spacial score (nSPS) is 14.3. The Balaban J connectivity index is 2.05. The van der Waals surface area contributed by atoms with E-state index in [4.69, 9.17) is 0 Å². The van der Waals surface area contributed by atoms with E-state index in [0.29, 0.717) is 24.3 Å². The van der Waals surface area contributed by atoms with E-state index < -0.39 is 0 Å². The first-order valence-electron chi connectivity index (χ1n) is 7.86. The van der Waals surface area contributed by atoms with Crippen molar-refractivity contribution in [1.82, 2.24) is 9.47 Å². The SMILES string of the molecule is CCN(CC)CCn1c(F)c(S)c2c3c(ccc21)C(=O)CC3. The van der Waals surface area contributed by atoms with Crippen molar-refractivity contribution in [3.63, 3.8) is 0 Å². The van der Waals surface area contributed by atoms with Gasteiger partial charge in [0.1, 0.15) is 0 Å². The number of hydrogen-bond donors (Lipinski definition) is 1. The number of nitrogens with zero attached hydrogens (tertiary/aromatic N) is 2. The Hall–Kier alpha value is -1.33. The Morgan fingerprint density at radius 1 is 1.27 bits per heavy atom. The molecule has 0 fully saturated rings. The number of benzene rings is 1. The molecule has 0 atom stereocenters. The molecule has 3 rings (SSSR count). The number of hydrogen-bond acceptors (Lipinski definition) is 3. The minimum atomic E-state index is -0.293. The van der Waals surface area contributed by atoms with Gasteiger partial charge in [-0.25, -0.2) is 0 Å². The molecule has 0 aliphatic heterocycles. The summed E-state index contributed by atoms with van der Waals surface area (Å²) in [6.07, 6.45) is 1.21. The van der Waals surface area contributed by atoms with E-state index in [0.717, 1.165) is 41.7 Å². The number of carbonyl (C=O) groups is 1. The Morgan fingerprint density at radius 3 is 2.68 bits per heavy atom. The van der Waals surface area contributed by atoms with Crippen LogP contribution in [0, 0.1) is 5.95 Å². The molecule has 1 aliphatic rings. The summed E-state index contributed by atoms with van der Waals surface area (Å²) in [5, 5.41) is 0.823. The molecule has 0 spiro atoms. The van der Waals surface area contributed by atoms with Crippen LogP contribution in [0.25, 0.3) is 10.9 Å². The molecule has 0 bridgehead atoms. The smallest absolute Gasteiger partial charge is 0.208 e. The number of thiol groups is 1. The van der Waals surface area contributed by atoms with Gasteiger partial charge < -0.3 is 9.47 Å². The Kier molecular flexibility index (Phi) is 4.28. The number of aromatic nitrogens is 1. The van der Waals surface area contributed by atoms with Gasteiger partial charge in [0, 0.05) is 30.5 Å². The second kappa shape index (κ2) is 6.05. The van der Waals surface area contributed by atoms with E-state index in [1.165, 1.54) is 0 Å². The molecule has 1 aromatic heterocycles. The second-order valence-corrected chi connectivity index (χ2v) is 6.17. The molecular weight excluding hydrogens is 299 g/mol. The quantitative estimate of drug-likeness (QED) is 0.853. The number of carbonyl (C=O) groups excluding carboxylic acids is 1. The van der Waals surface area contributed by atoms with Crippen LogP contribution in [0.5, 0.6) is 0 Å². The topological polar surface area (TPSA) is 25.2 Å². The van der Waals surface area contributed by atoms with Crippen molar-refractivity contribution < 1.29 is 9.18 Å². The highest BCUT2D eigenvalue weighted by Crippen LogP contribution is 2.36. The van der Waals surface area contributed by atoms with Crippen molar-refractivity contribution in [3.8, 4) is 0 Å². The molecule has 0 unspecified atom stereocenters. The average molecular weight is 320 g/mol. The average Bonchev–Trinajstić information content (AvgIpc) is 3.01. The van der Waals surface area contributed by atoms with E-state index in [2.05, 4.69) is 31.4 Å². The van der Waals surface area contributed by atoms with Crippen LogP contribution in [0.2, 0.25) is 0 Å². The molecule has 5 heteroatoms. The highest BCUT2D eigenvalue weighted by molar-refractivity contribution is 7.80. The van der Waals surface area contributed by atoms with Gasteiger partial charge in [-0.2, -0.15) is 4.39 Å². The maximum absolute atomic E-state index is 14.6. The number of ketones is 1. The second-order valence-electron chi connectivity index (χ2n) is 5.73. The van der Waals surface area contributed by atoms with Gasteiger partial charge in [0.15, 0.2) is 5.78 Å². The number of fused-ring (bicyclic) bond motifs is 3. The van der Waals surface area contributed by atoms with Crippen molar-refractivity contribution in [2.24, 2.45) is 0 Å². The molecule has 118 valence electrons. The molecule has 1 aromatic carbocycles. The predicted molar refractivity (Wildman–Crippen MR) is 89.6 cm³/mol. The van der Waals surface area contributed by atoms with E-state index in [9.17, 15) is 9.18 Å². The minimum absolute atomic E-state index is 0.154. The Labute approximate surface area is 135 Å². The van der Waals surface area contributed by atoms with Crippen LogP contribution >= 0.6 is 12.6 Å². The lowest BCUT2D eigenvalue weighted by Crippen LogP contribution is -2.27. The Morgan fingerprint density at radius 2 is 2.00 bits per heavy atom. The lowest BCUT2D eigenvalue weighted by atomic mass is 10.1. The summed E-state index contributed by atoms with van der Waals surface area (Å²) < 4.78 is 16.3. The maximum Gasteiger partial charge on any atom is 0.208 e. The maximum atomic E-state index is 14.6. The summed E-state index contributed by atoms with van der Waals surface area (Å²) in [4.78, 5) is 14.5. The molecule has 2 aromatic rings. The van der Waals surface area contributed by atoms with E-state index in [-0.39, 0.29) is 11.7 Å². The van der Waals surface area contributed by atoms with Crippen LogP contribution in [0.15, 0.2) is 17.0 Å². The summed E-state index contributed by atoms with van der Waals surface area (Å²) in [5.74, 6) is -0.140. The van der Waals surface area contributed by atoms with Crippen molar-refractivity contribution in [2.75, 3.05) is 19.6 Å². The van der Waals surface area contributed by atoms with Gasteiger partial charge in [0.05, 0.1) is 10.4 Å². The van der Waals surface area contributed by atoms with E-state index in [1.54, 1.807) is 4.57 Å². The molecular formula is C17H21FN2OS. The zero-order chi connectivity index (χ0) is 15.9. The predicted octanol–water partition coefficient (Wildman–Crippen LogP) is 3.54. The van der Waals surface area contributed by atoms with Gasteiger partial charge in [-0.1, -0.05) is 13.8 Å². The third kappa shape index (κ3) is 2.36. The number of aryl methyl sites for hydroxylation is 1. The summed E-state index contributed by atoms with van der Waals surface area (Å²) in [7, 11) is 0. The third-order valence-corrected chi connectivity index (χ3v) is 5.10. The van der Waals surface area contributed by atoms with Gasteiger partial charge in [0.25, 0.3) is 0 Å². The van der Waals surface area contributed by atoms with Crippen LogP contribution < -0.4 is 0 Å². The standard InChI is InChI=1S/C17H21FN2OS/c1-3-19(4-2)9-10-20-13-7-5-11-12(6-8-14(11)21)15(13)16(22)17(20)18/h5,7,22H,3-4,6,8-10H2,1-2H3. The highest BCUT2D eigenvalue weighted by Gasteiger charge is 2.26. The Bertz CT molecular complexity index is 734. The summed E-state index contributed by atoms with van der Waals surface area (Å²) in [5.41, 5.74) is 2.56. The number of Topliss-reactive ketones (excluding diaryl/α,β-unsaturated/α-hetero) is 1. The van der Waals surface area contributed by atoms with Gasteiger partial charge in [0.2, 0.25) is 5.95 Å². The molecule has 0 saturated heterocycles. The molecule has 0 N–H and O–H groups in total. The van der Waals surface area contributed by atoms with Crippen molar-refractivity contribution in [1.29, 1.82) is 0 Å². The first kappa shape index (κ1) is 15.6. The third-order valence-electron chi connectivity index (χ3n) is 4.69. The summed E-state index contributed by atoms with van der Waals surface area (Å²) in [6.45, 7) is 7.52. The van der Waals surface area contributed by atoms with Crippen LogP contribution in [-0.2, 0) is 13.0 Å². The number of halogens is 1. The fraction of sp³-hybridized carbons (Fsp3) is 0.471. The lowest BCUT2D eigenvalue weighted by Gasteiger charge is -2.18. The molecule has 0 saturated carbocycles. The zero-order valence-electron chi connectivity index (χ0n) is 13.0. The van der Waals surface area contributed by atoms with Crippen molar-refractivity contribution >= 4 is 29.3 Å². The van der Waals surface area contributed by atoms with Crippen LogP contribution in [0.4, 0.5) is 4.39 Å². The van der Waals surface area contributed by atoms with Gasteiger partial charge >= 0.3 is 0 Å². The zero-order valence-corrected chi connectivity index (χ0v) is 13.9. The summed E-state index contributed by atoms with van der Waals surface area (Å²) in [6, 6.07) is 3.70. The molecule has 3 nitrogen and oxygen atoms in total. The monoisotopic (exact) mass is 320 g/mol. The van der Waals surface area contributed by atoms with Crippen LogP contribution in [0.3, 0.4) is 0 Å². The fourth-order valence-corrected chi connectivity index (χ4v) is 3.73. The van der Waals surface area contributed by atoms with Gasteiger partial charge in [-0.05, 0) is 37.2 Å². The fourth-order valence-electron chi connectivity index (χ4n) is 3.36. The van der Waals surface area contributed by atoms with Crippen molar-refractivity contribution in [3.05, 3.63) is 29.2 Å². The van der Waals surface area contributed by atoms with Crippen LogP contribution in [0.1, 0.15) is 36.2 Å². The van der Waals surface area contributed by atoms with Gasteiger partial charge in [-0.15, -0.1) is 12.6 Å². The minimum Gasteiger partial charge on any atom is -0.315 e. The summed E-state index contributed by atoms with van der Waals surface area (Å²) >= 11 is 4.38. The first-order chi connectivity index (χ1) is 10.6. The molecule has 22 heavy (non-hydrogen) atoms. The largest absolute Gasteiger partial charge is 0.315 e. The van der Waals surface area contributed by atoms with E-state index in [1.807, 2.05) is 12.1 Å². The van der Waals surface area contributed by atoms with Gasteiger partial charge in [-0.3, -0.25) is 4.79 Å².